The summed E-state index contributed by atoms with van der Waals surface area (Å²) in [6, 6.07) is 13.2. The molecule has 88 valence electrons. The van der Waals surface area contributed by atoms with Gasteiger partial charge in [0.15, 0.2) is 0 Å². The molecule has 0 bridgehead atoms. The Hall–Kier alpha value is -1.34. The third-order valence-corrected chi connectivity index (χ3v) is 4.42. The number of hydrogen-bond acceptors (Lipinski definition) is 1. The Balaban J connectivity index is 2.34. The van der Waals surface area contributed by atoms with E-state index in [0.717, 1.165) is 6.61 Å². The van der Waals surface area contributed by atoms with Crippen LogP contribution in [0, 0.1) is 0 Å². The highest BCUT2D eigenvalue weighted by atomic mass is 16.5. The molecule has 1 nitrogen and oxygen atoms in total. The molecule has 0 aliphatic heterocycles. The number of rotatable bonds is 2. The smallest absolute Gasteiger partial charge is 0.0562 e. The third-order valence-electron chi connectivity index (χ3n) is 4.42. The molecular formula is C16H18O. The molecule has 0 fully saturated rings. The van der Waals surface area contributed by atoms with Gasteiger partial charge in [-0.05, 0) is 27.8 Å². The summed E-state index contributed by atoms with van der Waals surface area (Å²) in [5.74, 6) is 0.517. The van der Waals surface area contributed by atoms with Crippen LogP contribution >= 0.6 is 0 Å². The van der Waals surface area contributed by atoms with E-state index >= 15 is 0 Å². The molecule has 17 heavy (non-hydrogen) atoms. The molecule has 2 aromatic rings. The molecule has 1 heteroatoms. The molecule has 0 radical (unpaired) electrons. The molecular weight excluding hydrogens is 208 g/mol. The maximum atomic E-state index is 5.46. The first-order valence-corrected chi connectivity index (χ1v) is 6.19. The number of hydrogen-bond donors (Lipinski definition) is 0. The minimum absolute atomic E-state index is 0.109. The van der Waals surface area contributed by atoms with Crippen LogP contribution in [0.5, 0.6) is 0 Å². The van der Waals surface area contributed by atoms with Crippen molar-refractivity contribution in [1.82, 2.24) is 0 Å². The first-order valence-electron chi connectivity index (χ1n) is 6.19. The number of benzene rings is 2. The van der Waals surface area contributed by atoms with E-state index in [1.54, 1.807) is 7.11 Å². The third kappa shape index (κ3) is 1.29. The Bertz CT molecular complexity index is 567. The van der Waals surface area contributed by atoms with E-state index < -0.39 is 0 Å². The molecule has 0 aromatic heterocycles. The van der Waals surface area contributed by atoms with Crippen molar-refractivity contribution in [2.45, 2.75) is 25.2 Å². The van der Waals surface area contributed by atoms with Crippen molar-refractivity contribution in [3.63, 3.8) is 0 Å². The molecule has 0 saturated carbocycles. The molecule has 0 saturated heterocycles. The van der Waals surface area contributed by atoms with Crippen LogP contribution < -0.4 is 0 Å². The molecule has 1 aliphatic rings. The fourth-order valence-corrected chi connectivity index (χ4v) is 3.29. The van der Waals surface area contributed by atoms with Crippen LogP contribution in [0.25, 0.3) is 10.8 Å². The van der Waals surface area contributed by atoms with Gasteiger partial charge in [-0.3, -0.25) is 0 Å². The summed E-state index contributed by atoms with van der Waals surface area (Å²) in [5, 5.41) is 2.80. The topological polar surface area (TPSA) is 9.23 Å². The van der Waals surface area contributed by atoms with Gasteiger partial charge in [0.25, 0.3) is 0 Å². The standard InChI is InChI=1S/C16H18O/c1-11-13-8-4-6-12-7-5-9-14(15(12)13)16(11,2)10-17-3/h4-9,11H,10H2,1-3H3/t11-,16-/m1/s1. The minimum atomic E-state index is 0.109. The quantitative estimate of drug-likeness (QED) is 0.755. The lowest BCUT2D eigenvalue weighted by atomic mass is 9.76. The highest BCUT2D eigenvalue weighted by molar-refractivity contribution is 5.93. The van der Waals surface area contributed by atoms with E-state index in [9.17, 15) is 0 Å². The van der Waals surface area contributed by atoms with Crippen molar-refractivity contribution >= 4 is 10.8 Å². The van der Waals surface area contributed by atoms with Gasteiger partial charge >= 0.3 is 0 Å². The second-order valence-corrected chi connectivity index (χ2v) is 5.32. The van der Waals surface area contributed by atoms with Crippen LogP contribution in [-0.2, 0) is 10.2 Å². The Morgan fingerprint density at radius 2 is 1.88 bits per heavy atom. The number of methoxy groups -OCH3 is 1. The van der Waals surface area contributed by atoms with Crippen molar-refractivity contribution in [2.24, 2.45) is 0 Å². The van der Waals surface area contributed by atoms with Gasteiger partial charge in [0.05, 0.1) is 6.61 Å². The summed E-state index contributed by atoms with van der Waals surface area (Å²) in [7, 11) is 1.79. The van der Waals surface area contributed by atoms with Crippen molar-refractivity contribution in [3.8, 4) is 0 Å². The van der Waals surface area contributed by atoms with E-state index in [-0.39, 0.29) is 5.41 Å². The monoisotopic (exact) mass is 226 g/mol. The SMILES string of the molecule is COC[C@@]1(C)c2cccc3cccc(c23)[C@H]1C. The molecule has 3 rings (SSSR count). The van der Waals surface area contributed by atoms with Gasteiger partial charge < -0.3 is 4.74 Å². The van der Waals surface area contributed by atoms with E-state index in [2.05, 4.69) is 50.2 Å². The predicted molar refractivity (Wildman–Crippen MR) is 71.6 cm³/mol. The summed E-state index contributed by atoms with van der Waals surface area (Å²) in [5.41, 5.74) is 3.02. The van der Waals surface area contributed by atoms with Gasteiger partial charge in [0.1, 0.15) is 0 Å². The maximum absolute atomic E-state index is 5.46. The van der Waals surface area contributed by atoms with Crippen LogP contribution in [0.4, 0.5) is 0 Å². The van der Waals surface area contributed by atoms with Crippen LogP contribution in [-0.4, -0.2) is 13.7 Å². The zero-order valence-electron chi connectivity index (χ0n) is 10.7. The maximum Gasteiger partial charge on any atom is 0.0562 e. The average Bonchev–Trinajstić information content (AvgIpc) is 2.55. The van der Waals surface area contributed by atoms with Gasteiger partial charge in [0, 0.05) is 12.5 Å². The Morgan fingerprint density at radius 1 is 1.18 bits per heavy atom. The lowest BCUT2D eigenvalue weighted by Gasteiger charge is -2.30. The van der Waals surface area contributed by atoms with Crippen LogP contribution in [0.2, 0.25) is 0 Å². The Morgan fingerprint density at radius 3 is 2.59 bits per heavy atom. The summed E-state index contributed by atoms with van der Waals surface area (Å²) in [4.78, 5) is 0. The van der Waals surface area contributed by atoms with Crippen molar-refractivity contribution in [2.75, 3.05) is 13.7 Å². The van der Waals surface area contributed by atoms with Crippen molar-refractivity contribution < 1.29 is 4.74 Å². The fraction of sp³-hybridized carbons (Fsp3) is 0.375. The average molecular weight is 226 g/mol. The van der Waals surface area contributed by atoms with Crippen LogP contribution in [0.3, 0.4) is 0 Å². The minimum Gasteiger partial charge on any atom is -0.384 e. The van der Waals surface area contributed by atoms with Gasteiger partial charge in [-0.25, -0.2) is 0 Å². The lowest BCUT2D eigenvalue weighted by Crippen LogP contribution is -2.30. The highest BCUT2D eigenvalue weighted by Crippen LogP contribution is 2.50. The lowest BCUT2D eigenvalue weighted by molar-refractivity contribution is 0.129. The van der Waals surface area contributed by atoms with E-state index in [4.69, 9.17) is 4.74 Å². The first kappa shape index (κ1) is 10.8. The molecule has 0 amide bonds. The van der Waals surface area contributed by atoms with Gasteiger partial charge in [-0.15, -0.1) is 0 Å². The van der Waals surface area contributed by atoms with E-state index in [1.807, 2.05) is 0 Å². The van der Waals surface area contributed by atoms with E-state index in [0.29, 0.717) is 5.92 Å². The van der Waals surface area contributed by atoms with Crippen LogP contribution in [0.1, 0.15) is 30.9 Å². The first-order chi connectivity index (χ1) is 8.18. The second kappa shape index (κ2) is 3.58. The predicted octanol–water partition coefficient (Wildman–Crippen LogP) is 3.86. The highest BCUT2D eigenvalue weighted by Gasteiger charge is 2.41. The second-order valence-electron chi connectivity index (χ2n) is 5.32. The molecule has 2 atom stereocenters. The van der Waals surface area contributed by atoms with Gasteiger partial charge in [-0.1, -0.05) is 50.2 Å². The molecule has 0 unspecified atom stereocenters. The molecule has 2 aromatic carbocycles. The largest absolute Gasteiger partial charge is 0.384 e. The summed E-state index contributed by atoms with van der Waals surface area (Å²) in [6.07, 6.45) is 0. The van der Waals surface area contributed by atoms with Crippen LogP contribution in [0.15, 0.2) is 36.4 Å². The molecule has 1 aliphatic carbocycles. The molecule has 0 spiro atoms. The number of ether oxygens (including phenoxy) is 1. The Labute approximate surface area is 102 Å². The zero-order valence-corrected chi connectivity index (χ0v) is 10.7. The summed E-state index contributed by atoms with van der Waals surface area (Å²) >= 11 is 0. The molecule has 0 heterocycles. The summed E-state index contributed by atoms with van der Waals surface area (Å²) in [6.45, 7) is 5.41. The molecule has 0 N–H and O–H groups in total. The van der Waals surface area contributed by atoms with E-state index in [1.165, 1.54) is 21.9 Å². The fourth-order valence-electron chi connectivity index (χ4n) is 3.29. The van der Waals surface area contributed by atoms with Gasteiger partial charge in [0.2, 0.25) is 0 Å². The van der Waals surface area contributed by atoms with Crippen molar-refractivity contribution in [3.05, 3.63) is 47.5 Å². The zero-order chi connectivity index (χ0) is 12.0. The Kier molecular flexibility index (Phi) is 2.27. The normalized spacial score (nSPS) is 26.6. The van der Waals surface area contributed by atoms with Gasteiger partial charge in [-0.2, -0.15) is 0 Å². The van der Waals surface area contributed by atoms with Crippen molar-refractivity contribution in [1.29, 1.82) is 0 Å². The summed E-state index contributed by atoms with van der Waals surface area (Å²) < 4.78 is 5.46.